The van der Waals surface area contributed by atoms with E-state index in [4.69, 9.17) is 0 Å². The van der Waals surface area contributed by atoms with Crippen LogP contribution in [-0.4, -0.2) is 10.5 Å². The Labute approximate surface area is 125 Å². The highest BCUT2D eigenvalue weighted by molar-refractivity contribution is 9.10. The number of rotatable bonds is 4. The maximum atomic E-state index is 12.0. The summed E-state index contributed by atoms with van der Waals surface area (Å²) >= 11 is 3.40. The molecule has 1 amide bonds. The van der Waals surface area contributed by atoms with Gasteiger partial charge in [0.2, 0.25) is 5.91 Å². The molecule has 5 heteroatoms. The first-order valence-corrected chi connectivity index (χ1v) is 7.06. The van der Waals surface area contributed by atoms with Gasteiger partial charge < -0.3 is 9.88 Å². The number of amides is 1. The molecule has 104 valence electrons. The van der Waals surface area contributed by atoms with Crippen LogP contribution in [0.1, 0.15) is 18.5 Å². The van der Waals surface area contributed by atoms with Gasteiger partial charge in [-0.15, -0.1) is 0 Å². The molecule has 1 unspecified atom stereocenters. The standard InChI is InChI=1S/C15H15BrN2O2/c1-11(12-5-4-6-13(16)9-12)17-14(19)10-18-8-3-2-7-15(18)20/h2-9,11H,10H2,1H3,(H,17,19). The van der Waals surface area contributed by atoms with E-state index in [1.54, 1.807) is 18.3 Å². The van der Waals surface area contributed by atoms with Gasteiger partial charge in [-0.05, 0) is 30.7 Å². The minimum atomic E-state index is -0.189. The molecule has 4 nitrogen and oxygen atoms in total. The van der Waals surface area contributed by atoms with Crippen molar-refractivity contribution >= 4 is 21.8 Å². The van der Waals surface area contributed by atoms with Crippen molar-refractivity contribution in [3.05, 3.63) is 69.1 Å². The average molecular weight is 335 g/mol. The zero-order valence-corrected chi connectivity index (χ0v) is 12.6. The molecule has 0 aliphatic carbocycles. The summed E-state index contributed by atoms with van der Waals surface area (Å²) in [5.74, 6) is -0.189. The molecule has 0 aliphatic heterocycles. The van der Waals surface area contributed by atoms with Crippen molar-refractivity contribution in [1.82, 2.24) is 9.88 Å². The summed E-state index contributed by atoms with van der Waals surface area (Å²) in [7, 11) is 0. The predicted octanol–water partition coefficient (Wildman–Crippen LogP) is 2.49. The van der Waals surface area contributed by atoms with E-state index in [9.17, 15) is 9.59 Å². The maximum absolute atomic E-state index is 12.0. The third kappa shape index (κ3) is 3.81. The van der Waals surface area contributed by atoms with Crippen molar-refractivity contribution < 1.29 is 4.79 Å². The van der Waals surface area contributed by atoms with Gasteiger partial charge in [-0.2, -0.15) is 0 Å². The van der Waals surface area contributed by atoms with Gasteiger partial charge in [0.25, 0.3) is 5.56 Å². The molecule has 0 fully saturated rings. The smallest absolute Gasteiger partial charge is 0.250 e. The number of benzene rings is 1. The molecule has 1 atom stereocenters. The summed E-state index contributed by atoms with van der Waals surface area (Å²) < 4.78 is 2.35. The summed E-state index contributed by atoms with van der Waals surface area (Å²) in [5, 5.41) is 2.88. The second kappa shape index (κ2) is 6.52. The Hall–Kier alpha value is -1.88. The fourth-order valence-corrected chi connectivity index (χ4v) is 2.31. The molecule has 1 aromatic carbocycles. The van der Waals surface area contributed by atoms with Crippen LogP contribution in [0.4, 0.5) is 0 Å². The molecule has 0 saturated heterocycles. The van der Waals surface area contributed by atoms with Gasteiger partial charge in [-0.1, -0.05) is 34.1 Å². The van der Waals surface area contributed by atoms with E-state index in [0.717, 1.165) is 10.0 Å². The van der Waals surface area contributed by atoms with Crippen molar-refractivity contribution in [2.45, 2.75) is 19.5 Å². The van der Waals surface area contributed by atoms with Crippen LogP contribution in [-0.2, 0) is 11.3 Å². The summed E-state index contributed by atoms with van der Waals surface area (Å²) in [6.07, 6.45) is 1.60. The van der Waals surface area contributed by atoms with Crippen LogP contribution in [0.3, 0.4) is 0 Å². The molecule has 0 bridgehead atoms. The number of carbonyl (C=O) groups excluding carboxylic acids is 1. The number of nitrogens with zero attached hydrogens (tertiary/aromatic N) is 1. The SMILES string of the molecule is CC(NC(=O)Cn1ccccc1=O)c1cccc(Br)c1. The van der Waals surface area contributed by atoms with Gasteiger partial charge in [0, 0.05) is 16.7 Å². The summed E-state index contributed by atoms with van der Waals surface area (Å²) in [4.78, 5) is 23.5. The van der Waals surface area contributed by atoms with Crippen molar-refractivity contribution in [2.24, 2.45) is 0 Å². The lowest BCUT2D eigenvalue weighted by Crippen LogP contribution is -2.33. The highest BCUT2D eigenvalue weighted by Gasteiger charge is 2.10. The predicted molar refractivity (Wildman–Crippen MR) is 81.4 cm³/mol. The van der Waals surface area contributed by atoms with Gasteiger partial charge in [-0.25, -0.2) is 0 Å². The number of hydrogen-bond donors (Lipinski definition) is 1. The Balaban J connectivity index is 2.01. The number of pyridine rings is 1. The molecule has 1 N–H and O–H groups in total. The lowest BCUT2D eigenvalue weighted by atomic mass is 10.1. The molecular formula is C15H15BrN2O2. The molecule has 2 rings (SSSR count). The number of nitrogens with one attached hydrogen (secondary N) is 1. The minimum absolute atomic E-state index is 0.0258. The van der Waals surface area contributed by atoms with Gasteiger partial charge >= 0.3 is 0 Å². The van der Waals surface area contributed by atoms with Gasteiger partial charge in [0.1, 0.15) is 6.54 Å². The molecule has 20 heavy (non-hydrogen) atoms. The van der Waals surface area contributed by atoms with Crippen LogP contribution in [0.25, 0.3) is 0 Å². The Morgan fingerprint density at radius 3 is 2.80 bits per heavy atom. The summed E-state index contributed by atoms with van der Waals surface area (Å²) in [5.41, 5.74) is 0.825. The molecule has 2 aromatic rings. The Bertz CT molecular complexity index is 667. The zero-order chi connectivity index (χ0) is 14.5. The van der Waals surface area contributed by atoms with E-state index in [-0.39, 0.29) is 24.1 Å². The maximum Gasteiger partial charge on any atom is 0.250 e. The van der Waals surface area contributed by atoms with Crippen molar-refractivity contribution in [1.29, 1.82) is 0 Å². The van der Waals surface area contributed by atoms with Crippen LogP contribution in [0.2, 0.25) is 0 Å². The molecule has 1 heterocycles. The Kier molecular flexibility index (Phi) is 4.74. The van der Waals surface area contributed by atoms with E-state index >= 15 is 0 Å². The first-order chi connectivity index (χ1) is 9.56. The second-order valence-electron chi connectivity index (χ2n) is 4.51. The third-order valence-corrected chi connectivity index (χ3v) is 3.43. The molecule has 0 aliphatic rings. The Morgan fingerprint density at radius 1 is 1.30 bits per heavy atom. The number of carbonyl (C=O) groups is 1. The average Bonchev–Trinajstić information content (AvgIpc) is 2.41. The first kappa shape index (κ1) is 14.5. The monoisotopic (exact) mass is 334 g/mol. The number of aromatic nitrogens is 1. The normalized spacial score (nSPS) is 11.9. The largest absolute Gasteiger partial charge is 0.348 e. The van der Waals surface area contributed by atoms with E-state index in [2.05, 4.69) is 21.2 Å². The van der Waals surface area contributed by atoms with E-state index in [1.165, 1.54) is 10.6 Å². The first-order valence-electron chi connectivity index (χ1n) is 6.26. The molecule has 1 aromatic heterocycles. The Morgan fingerprint density at radius 2 is 2.10 bits per heavy atom. The van der Waals surface area contributed by atoms with Crippen molar-refractivity contribution in [3.8, 4) is 0 Å². The molecular weight excluding hydrogens is 320 g/mol. The van der Waals surface area contributed by atoms with Gasteiger partial charge in [-0.3, -0.25) is 9.59 Å². The molecule has 0 spiro atoms. The summed E-state index contributed by atoms with van der Waals surface area (Å²) in [6, 6.07) is 12.5. The van der Waals surface area contributed by atoms with Crippen LogP contribution in [0.5, 0.6) is 0 Å². The zero-order valence-electron chi connectivity index (χ0n) is 11.0. The van der Waals surface area contributed by atoms with Crippen LogP contribution >= 0.6 is 15.9 Å². The van der Waals surface area contributed by atoms with Crippen LogP contribution < -0.4 is 10.9 Å². The summed E-state index contributed by atoms with van der Waals surface area (Å²) in [6.45, 7) is 1.94. The van der Waals surface area contributed by atoms with Gasteiger partial charge in [0.15, 0.2) is 0 Å². The number of hydrogen-bond acceptors (Lipinski definition) is 2. The number of halogens is 1. The lowest BCUT2D eigenvalue weighted by Gasteiger charge is -2.15. The highest BCUT2D eigenvalue weighted by atomic mass is 79.9. The van der Waals surface area contributed by atoms with E-state index in [0.29, 0.717) is 0 Å². The second-order valence-corrected chi connectivity index (χ2v) is 5.43. The van der Waals surface area contributed by atoms with E-state index in [1.807, 2.05) is 31.2 Å². The topological polar surface area (TPSA) is 51.1 Å². The van der Waals surface area contributed by atoms with Crippen LogP contribution in [0, 0.1) is 0 Å². The fraction of sp³-hybridized carbons (Fsp3) is 0.200. The fourth-order valence-electron chi connectivity index (χ4n) is 1.89. The van der Waals surface area contributed by atoms with Crippen molar-refractivity contribution in [2.75, 3.05) is 0 Å². The molecule has 0 saturated carbocycles. The molecule has 0 radical (unpaired) electrons. The minimum Gasteiger partial charge on any atom is -0.348 e. The van der Waals surface area contributed by atoms with Crippen LogP contribution in [0.15, 0.2) is 57.9 Å². The lowest BCUT2D eigenvalue weighted by molar-refractivity contribution is -0.122. The van der Waals surface area contributed by atoms with Gasteiger partial charge in [0.05, 0.1) is 6.04 Å². The highest BCUT2D eigenvalue weighted by Crippen LogP contribution is 2.17. The quantitative estimate of drug-likeness (QED) is 0.933. The third-order valence-electron chi connectivity index (χ3n) is 2.94. The van der Waals surface area contributed by atoms with E-state index < -0.39 is 0 Å². The van der Waals surface area contributed by atoms with Crippen molar-refractivity contribution in [3.63, 3.8) is 0 Å².